The highest BCUT2D eigenvalue weighted by atomic mass is 35.5. The number of rotatable bonds is 9. The number of amides is 1. The Labute approximate surface area is 217 Å². The summed E-state index contributed by atoms with van der Waals surface area (Å²) in [4.78, 5) is 23.7. The predicted molar refractivity (Wildman–Crippen MR) is 143 cm³/mol. The molecule has 0 radical (unpaired) electrons. The van der Waals surface area contributed by atoms with E-state index in [1.165, 1.54) is 0 Å². The summed E-state index contributed by atoms with van der Waals surface area (Å²) < 4.78 is 8.19. The Morgan fingerprint density at radius 2 is 2.03 bits per heavy atom. The Morgan fingerprint density at radius 1 is 1.22 bits per heavy atom. The number of nitrogens with zero attached hydrogens (tertiary/aromatic N) is 5. The minimum absolute atomic E-state index is 0.0815. The number of aromatic nitrogens is 4. The van der Waals surface area contributed by atoms with Gasteiger partial charge in [0.25, 0.3) is 0 Å². The van der Waals surface area contributed by atoms with Gasteiger partial charge in [-0.25, -0.2) is 4.98 Å². The molecule has 0 bridgehead atoms. The van der Waals surface area contributed by atoms with Crippen LogP contribution in [0.2, 0.25) is 5.02 Å². The van der Waals surface area contributed by atoms with Crippen LogP contribution in [0, 0.1) is 12.8 Å². The van der Waals surface area contributed by atoms with E-state index in [0.29, 0.717) is 23.9 Å². The first-order valence-corrected chi connectivity index (χ1v) is 12.6. The Hall–Kier alpha value is -3.45. The Morgan fingerprint density at radius 3 is 2.72 bits per heavy atom. The second-order valence-corrected chi connectivity index (χ2v) is 9.67. The quantitative estimate of drug-likeness (QED) is 0.280. The normalized spacial score (nSPS) is 11.3. The van der Waals surface area contributed by atoms with E-state index >= 15 is 0 Å². The molecule has 0 atom stereocenters. The van der Waals surface area contributed by atoms with Crippen molar-refractivity contribution in [2.45, 2.75) is 47.3 Å². The number of ether oxygens (including phenoxy) is 1. The number of pyridine rings is 2. The van der Waals surface area contributed by atoms with E-state index < -0.39 is 0 Å². The zero-order chi connectivity index (χ0) is 25.8. The van der Waals surface area contributed by atoms with E-state index in [4.69, 9.17) is 21.3 Å². The van der Waals surface area contributed by atoms with Gasteiger partial charge in [-0.2, -0.15) is 5.10 Å². The van der Waals surface area contributed by atoms with Crippen LogP contribution in [0.15, 0.2) is 48.9 Å². The average Bonchev–Trinajstić information content (AvgIpc) is 3.28. The minimum atomic E-state index is -0.0815. The van der Waals surface area contributed by atoms with Gasteiger partial charge < -0.3 is 9.64 Å². The molecule has 0 aliphatic rings. The van der Waals surface area contributed by atoms with E-state index in [0.717, 1.165) is 45.4 Å². The van der Waals surface area contributed by atoms with Gasteiger partial charge in [-0.15, -0.1) is 0 Å². The molecule has 0 spiro atoms. The fourth-order valence-corrected chi connectivity index (χ4v) is 4.61. The van der Waals surface area contributed by atoms with Gasteiger partial charge in [0.15, 0.2) is 0 Å². The van der Waals surface area contributed by atoms with E-state index in [1.807, 2.05) is 61.7 Å². The highest BCUT2D eigenvalue weighted by molar-refractivity contribution is 6.31. The fraction of sp³-hybridized carbons (Fsp3) is 0.357. The first-order chi connectivity index (χ1) is 17.3. The number of para-hydroxylation sites is 1. The van der Waals surface area contributed by atoms with Crippen LogP contribution in [0.3, 0.4) is 0 Å². The van der Waals surface area contributed by atoms with Crippen LogP contribution in [0.25, 0.3) is 22.2 Å². The Bertz CT molecular complexity index is 1380. The molecular weight excluding hydrogens is 474 g/mol. The summed E-state index contributed by atoms with van der Waals surface area (Å²) in [6.07, 6.45) is 6.05. The summed E-state index contributed by atoms with van der Waals surface area (Å²) >= 11 is 6.58. The molecule has 0 aliphatic heterocycles. The second-order valence-electron chi connectivity index (χ2n) is 9.27. The van der Waals surface area contributed by atoms with Gasteiger partial charge in [0.2, 0.25) is 5.91 Å². The van der Waals surface area contributed by atoms with Crippen molar-refractivity contribution in [1.29, 1.82) is 0 Å². The lowest BCUT2D eigenvalue weighted by Gasteiger charge is -2.25. The summed E-state index contributed by atoms with van der Waals surface area (Å²) in [7, 11) is 1.93. The van der Waals surface area contributed by atoms with Crippen molar-refractivity contribution in [1.82, 2.24) is 24.6 Å². The maximum atomic E-state index is 12.8. The van der Waals surface area contributed by atoms with Crippen LogP contribution in [0.1, 0.15) is 44.0 Å². The lowest BCUT2D eigenvalue weighted by atomic mass is 10.0. The Kier molecular flexibility index (Phi) is 7.89. The zero-order valence-electron chi connectivity index (χ0n) is 21.5. The van der Waals surface area contributed by atoms with Crippen molar-refractivity contribution in [3.8, 4) is 17.0 Å². The number of hydrogen-bond donors (Lipinski definition) is 0. The summed E-state index contributed by atoms with van der Waals surface area (Å²) in [6, 6.07) is 9.98. The van der Waals surface area contributed by atoms with Crippen LogP contribution in [0.4, 0.5) is 0 Å². The molecule has 0 saturated carbocycles. The second kappa shape index (κ2) is 11.1. The fourth-order valence-electron chi connectivity index (χ4n) is 4.37. The number of carbonyl (C=O) groups excluding carboxylic acids is 1. The average molecular weight is 506 g/mol. The maximum Gasteiger partial charge on any atom is 0.225 e. The summed E-state index contributed by atoms with van der Waals surface area (Å²) in [5, 5.41) is 5.82. The molecule has 8 heteroatoms. The number of benzene rings is 1. The van der Waals surface area contributed by atoms with Crippen molar-refractivity contribution in [2.75, 3.05) is 6.54 Å². The molecular formula is C28H32ClN5O2. The predicted octanol–water partition coefficient (Wildman–Crippen LogP) is 5.97. The van der Waals surface area contributed by atoms with Gasteiger partial charge >= 0.3 is 0 Å². The number of hydrogen-bond acceptors (Lipinski definition) is 5. The van der Waals surface area contributed by atoms with E-state index in [9.17, 15) is 4.79 Å². The SMILES string of the molecule is CCCN(Cc1cncc(Cl)c1COc1cccc2c(-c3ccnn3C)cc(C)nc12)C(=O)C(C)C. The van der Waals surface area contributed by atoms with Crippen LogP contribution in [0.5, 0.6) is 5.75 Å². The molecule has 3 aromatic heterocycles. The molecule has 1 amide bonds. The van der Waals surface area contributed by atoms with Crippen molar-refractivity contribution < 1.29 is 9.53 Å². The highest BCUT2D eigenvalue weighted by Gasteiger charge is 2.20. The van der Waals surface area contributed by atoms with Crippen LogP contribution in [-0.4, -0.2) is 37.1 Å². The Balaban J connectivity index is 1.67. The van der Waals surface area contributed by atoms with Gasteiger partial charge in [-0.3, -0.25) is 14.5 Å². The number of carbonyl (C=O) groups is 1. The lowest BCUT2D eigenvalue weighted by molar-refractivity contribution is -0.135. The number of fused-ring (bicyclic) bond motifs is 1. The number of aryl methyl sites for hydroxylation is 2. The molecule has 3 heterocycles. The first kappa shape index (κ1) is 25.6. The zero-order valence-corrected chi connectivity index (χ0v) is 22.2. The summed E-state index contributed by atoms with van der Waals surface area (Å²) in [5.74, 6) is 0.698. The monoisotopic (exact) mass is 505 g/mol. The third-order valence-electron chi connectivity index (χ3n) is 6.15. The van der Waals surface area contributed by atoms with Crippen molar-refractivity contribution in [3.63, 3.8) is 0 Å². The molecule has 1 aromatic carbocycles. The third kappa shape index (κ3) is 5.36. The summed E-state index contributed by atoms with van der Waals surface area (Å²) in [6.45, 7) is 9.23. The van der Waals surface area contributed by atoms with Crippen LogP contribution in [-0.2, 0) is 25.0 Å². The van der Waals surface area contributed by atoms with Gasteiger partial charge in [-0.1, -0.05) is 44.5 Å². The van der Waals surface area contributed by atoms with Crippen LogP contribution >= 0.6 is 11.6 Å². The number of halogens is 1. The first-order valence-electron chi connectivity index (χ1n) is 12.2. The topological polar surface area (TPSA) is 73.1 Å². The van der Waals surface area contributed by atoms with Crippen molar-refractivity contribution >= 4 is 28.4 Å². The van der Waals surface area contributed by atoms with Gasteiger partial charge in [0, 0.05) is 66.9 Å². The smallest absolute Gasteiger partial charge is 0.225 e. The van der Waals surface area contributed by atoms with Crippen LogP contribution < -0.4 is 4.74 Å². The molecule has 0 unspecified atom stereocenters. The maximum absolute atomic E-state index is 12.8. The third-order valence-corrected chi connectivity index (χ3v) is 6.48. The van der Waals surface area contributed by atoms with Gasteiger partial charge in [-0.05, 0) is 37.1 Å². The molecule has 0 fully saturated rings. The standard InChI is InChI=1S/C28H32ClN5O2/c1-6-12-34(28(35)18(2)3)16-20-14-30-15-24(29)23(20)17-36-26-9-7-8-21-22(13-19(4)32-27(21)26)25-10-11-31-33(25)5/h7-11,13-15,18H,6,12,16-17H2,1-5H3. The minimum Gasteiger partial charge on any atom is -0.487 e. The summed E-state index contributed by atoms with van der Waals surface area (Å²) in [5.41, 5.74) is 5.43. The van der Waals surface area contributed by atoms with E-state index in [-0.39, 0.29) is 18.4 Å². The van der Waals surface area contributed by atoms with Crippen molar-refractivity contribution in [3.05, 3.63) is 70.8 Å². The van der Waals surface area contributed by atoms with E-state index in [1.54, 1.807) is 18.6 Å². The largest absolute Gasteiger partial charge is 0.487 e. The molecule has 36 heavy (non-hydrogen) atoms. The lowest BCUT2D eigenvalue weighted by Crippen LogP contribution is -2.34. The molecule has 0 aliphatic carbocycles. The molecule has 4 aromatic rings. The van der Waals surface area contributed by atoms with Gasteiger partial charge in [0.05, 0.1) is 10.7 Å². The van der Waals surface area contributed by atoms with E-state index in [2.05, 4.69) is 23.1 Å². The molecule has 0 saturated heterocycles. The molecule has 188 valence electrons. The molecule has 0 N–H and O–H groups in total. The molecule has 7 nitrogen and oxygen atoms in total. The molecule has 4 rings (SSSR count). The van der Waals surface area contributed by atoms with Gasteiger partial charge in [0.1, 0.15) is 17.9 Å². The highest BCUT2D eigenvalue weighted by Crippen LogP contribution is 2.34. The van der Waals surface area contributed by atoms with Crippen molar-refractivity contribution in [2.24, 2.45) is 13.0 Å².